The van der Waals surface area contributed by atoms with Crippen molar-refractivity contribution in [1.29, 1.82) is 0 Å². The average Bonchev–Trinajstić information content (AvgIpc) is 3.19. The largest absolute Gasteiger partial charge is 0.496 e. The number of nitrogens with zero attached hydrogens (tertiary/aromatic N) is 2. The van der Waals surface area contributed by atoms with Crippen molar-refractivity contribution < 1.29 is 9.53 Å². The maximum absolute atomic E-state index is 12.4. The molecule has 1 aromatic carbocycles. The Morgan fingerprint density at radius 1 is 1.50 bits per heavy atom. The fraction of sp³-hybridized carbons (Fsp3) is 0.375. The Morgan fingerprint density at radius 2 is 2.36 bits per heavy atom. The highest BCUT2D eigenvalue weighted by atomic mass is 32.1. The predicted molar refractivity (Wildman–Crippen MR) is 87.6 cm³/mol. The zero-order valence-corrected chi connectivity index (χ0v) is 13.3. The van der Waals surface area contributed by atoms with Crippen LogP contribution in [0.3, 0.4) is 0 Å². The van der Waals surface area contributed by atoms with Crippen molar-refractivity contribution in [2.75, 3.05) is 19.0 Å². The van der Waals surface area contributed by atoms with E-state index in [0.29, 0.717) is 5.13 Å². The smallest absolute Gasteiger partial charge is 0.323 e. The Bertz CT molecular complexity index is 630. The van der Waals surface area contributed by atoms with Gasteiger partial charge in [0.25, 0.3) is 0 Å². The number of rotatable bonds is 4. The van der Waals surface area contributed by atoms with Crippen LogP contribution >= 0.6 is 11.3 Å². The summed E-state index contributed by atoms with van der Waals surface area (Å²) in [5.41, 5.74) is 1.14. The van der Waals surface area contributed by atoms with E-state index in [-0.39, 0.29) is 12.1 Å². The first kappa shape index (κ1) is 14.8. The Hall–Kier alpha value is -2.08. The second kappa shape index (κ2) is 6.79. The van der Waals surface area contributed by atoms with Gasteiger partial charge in [0.1, 0.15) is 5.75 Å². The lowest BCUT2D eigenvalue weighted by atomic mass is 10.0. The van der Waals surface area contributed by atoms with Crippen LogP contribution in [-0.2, 0) is 6.42 Å². The van der Waals surface area contributed by atoms with E-state index >= 15 is 0 Å². The molecule has 1 aliphatic rings. The van der Waals surface area contributed by atoms with Crippen LogP contribution < -0.4 is 10.1 Å². The number of methoxy groups -OCH3 is 1. The molecule has 0 unspecified atom stereocenters. The molecule has 1 saturated heterocycles. The molecule has 1 aliphatic heterocycles. The number of amides is 2. The zero-order valence-electron chi connectivity index (χ0n) is 12.5. The maximum atomic E-state index is 12.4. The summed E-state index contributed by atoms with van der Waals surface area (Å²) in [4.78, 5) is 18.4. The zero-order chi connectivity index (χ0) is 15.4. The van der Waals surface area contributed by atoms with Gasteiger partial charge in [-0.25, -0.2) is 9.78 Å². The van der Waals surface area contributed by atoms with Gasteiger partial charge in [0.2, 0.25) is 0 Å². The van der Waals surface area contributed by atoms with Crippen LogP contribution in [0.1, 0.15) is 18.4 Å². The van der Waals surface area contributed by atoms with Crippen molar-refractivity contribution in [1.82, 2.24) is 9.88 Å². The number of carbonyl (C=O) groups excluding carboxylic acids is 1. The van der Waals surface area contributed by atoms with E-state index in [4.69, 9.17) is 4.74 Å². The summed E-state index contributed by atoms with van der Waals surface area (Å²) in [6.07, 6.45) is 4.56. The summed E-state index contributed by atoms with van der Waals surface area (Å²) in [6, 6.07) is 8.14. The van der Waals surface area contributed by atoms with Crippen molar-refractivity contribution in [3.63, 3.8) is 0 Å². The third kappa shape index (κ3) is 3.22. The first-order valence-corrected chi connectivity index (χ1v) is 8.25. The van der Waals surface area contributed by atoms with E-state index in [1.165, 1.54) is 11.3 Å². The van der Waals surface area contributed by atoms with Crippen LogP contribution in [-0.4, -0.2) is 35.6 Å². The molecule has 2 amide bonds. The van der Waals surface area contributed by atoms with Gasteiger partial charge in [0.05, 0.1) is 7.11 Å². The molecule has 0 bridgehead atoms. The van der Waals surface area contributed by atoms with Gasteiger partial charge in [-0.1, -0.05) is 18.2 Å². The van der Waals surface area contributed by atoms with Crippen molar-refractivity contribution in [2.24, 2.45) is 0 Å². The number of hydrogen-bond donors (Lipinski definition) is 1. The molecule has 3 rings (SSSR count). The minimum atomic E-state index is -0.0626. The molecule has 0 saturated carbocycles. The van der Waals surface area contributed by atoms with Gasteiger partial charge < -0.3 is 9.64 Å². The lowest BCUT2D eigenvalue weighted by molar-refractivity contribution is 0.206. The standard InChI is InChI=1S/C16H19N3O2S/c1-21-14-7-3-2-5-12(14)11-13-6-4-9-19(13)16(20)18-15-17-8-10-22-15/h2-3,5,7-8,10,13H,4,6,9,11H2,1H3,(H,17,18,20)/t13-/m1/s1. The van der Waals surface area contributed by atoms with E-state index < -0.39 is 0 Å². The van der Waals surface area contributed by atoms with Gasteiger partial charge in [-0.05, 0) is 30.9 Å². The Labute approximate surface area is 133 Å². The third-order valence-electron chi connectivity index (χ3n) is 3.93. The van der Waals surface area contributed by atoms with Crippen LogP contribution in [0.4, 0.5) is 9.93 Å². The summed E-state index contributed by atoms with van der Waals surface area (Å²) >= 11 is 1.43. The minimum absolute atomic E-state index is 0.0626. The first-order valence-electron chi connectivity index (χ1n) is 7.37. The summed E-state index contributed by atoms with van der Waals surface area (Å²) in [5.74, 6) is 0.884. The molecule has 6 heteroatoms. The van der Waals surface area contributed by atoms with Crippen LogP contribution in [0.25, 0.3) is 0 Å². The maximum Gasteiger partial charge on any atom is 0.323 e. The first-order chi connectivity index (χ1) is 10.8. The van der Waals surface area contributed by atoms with Gasteiger partial charge in [-0.2, -0.15) is 0 Å². The summed E-state index contributed by atoms with van der Waals surface area (Å²) in [5, 5.41) is 5.37. The van der Waals surface area contributed by atoms with Crippen molar-refractivity contribution in [3.8, 4) is 5.75 Å². The predicted octanol–water partition coefficient (Wildman–Crippen LogP) is 3.39. The molecule has 0 aliphatic carbocycles. The van der Waals surface area contributed by atoms with Gasteiger partial charge in [-0.3, -0.25) is 5.32 Å². The number of urea groups is 1. The van der Waals surface area contributed by atoms with Crippen molar-refractivity contribution >= 4 is 22.5 Å². The topological polar surface area (TPSA) is 54.5 Å². The van der Waals surface area contributed by atoms with E-state index in [1.807, 2.05) is 28.5 Å². The fourth-order valence-electron chi connectivity index (χ4n) is 2.89. The van der Waals surface area contributed by atoms with Gasteiger partial charge >= 0.3 is 6.03 Å². The minimum Gasteiger partial charge on any atom is -0.496 e. The van der Waals surface area contributed by atoms with Gasteiger partial charge in [0, 0.05) is 24.2 Å². The van der Waals surface area contributed by atoms with E-state index in [2.05, 4.69) is 16.4 Å². The number of para-hydroxylation sites is 1. The van der Waals surface area contributed by atoms with E-state index in [1.54, 1.807) is 13.3 Å². The van der Waals surface area contributed by atoms with E-state index in [0.717, 1.165) is 37.1 Å². The number of carbonyl (C=O) groups is 1. The molecule has 1 atom stereocenters. The second-order valence-electron chi connectivity index (χ2n) is 5.27. The van der Waals surface area contributed by atoms with Gasteiger partial charge in [0.15, 0.2) is 5.13 Å². The molecule has 116 valence electrons. The summed E-state index contributed by atoms with van der Waals surface area (Å²) < 4.78 is 5.41. The molecule has 2 heterocycles. The Kier molecular flexibility index (Phi) is 4.58. The summed E-state index contributed by atoms with van der Waals surface area (Å²) in [6.45, 7) is 0.789. The number of benzene rings is 1. The molecular formula is C16H19N3O2S. The number of ether oxygens (including phenoxy) is 1. The molecular weight excluding hydrogens is 298 g/mol. The highest BCUT2D eigenvalue weighted by Crippen LogP contribution is 2.26. The molecule has 1 fully saturated rings. The van der Waals surface area contributed by atoms with Crippen LogP contribution in [0.2, 0.25) is 0 Å². The summed E-state index contributed by atoms with van der Waals surface area (Å²) in [7, 11) is 1.68. The number of likely N-dealkylation sites (tertiary alicyclic amines) is 1. The number of nitrogens with one attached hydrogen (secondary N) is 1. The number of aromatic nitrogens is 1. The second-order valence-corrected chi connectivity index (χ2v) is 6.17. The SMILES string of the molecule is COc1ccccc1C[C@H]1CCCN1C(=O)Nc1nccs1. The molecule has 2 aromatic rings. The molecule has 0 radical (unpaired) electrons. The van der Waals surface area contributed by atoms with E-state index in [9.17, 15) is 4.79 Å². The highest BCUT2D eigenvalue weighted by Gasteiger charge is 2.29. The third-order valence-corrected chi connectivity index (χ3v) is 4.62. The molecule has 22 heavy (non-hydrogen) atoms. The monoisotopic (exact) mass is 317 g/mol. The molecule has 0 spiro atoms. The molecule has 1 N–H and O–H groups in total. The Morgan fingerprint density at radius 3 is 3.14 bits per heavy atom. The number of anilines is 1. The lowest BCUT2D eigenvalue weighted by Gasteiger charge is -2.25. The number of hydrogen-bond acceptors (Lipinski definition) is 4. The fourth-order valence-corrected chi connectivity index (χ4v) is 3.41. The quantitative estimate of drug-likeness (QED) is 0.940. The molecule has 1 aromatic heterocycles. The number of thiazole rings is 1. The Balaban J connectivity index is 1.69. The van der Waals surface area contributed by atoms with Gasteiger partial charge in [-0.15, -0.1) is 11.3 Å². The lowest BCUT2D eigenvalue weighted by Crippen LogP contribution is -2.39. The highest BCUT2D eigenvalue weighted by molar-refractivity contribution is 7.13. The van der Waals surface area contributed by atoms with Crippen LogP contribution in [0.15, 0.2) is 35.8 Å². The average molecular weight is 317 g/mol. The molecule has 5 nitrogen and oxygen atoms in total. The van der Waals surface area contributed by atoms with Crippen LogP contribution in [0.5, 0.6) is 5.75 Å². The van der Waals surface area contributed by atoms with Crippen molar-refractivity contribution in [3.05, 3.63) is 41.4 Å². The van der Waals surface area contributed by atoms with Crippen molar-refractivity contribution in [2.45, 2.75) is 25.3 Å². The normalized spacial score (nSPS) is 17.5. The van der Waals surface area contributed by atoms with Crippen LogP contribution in [0, 0.1) is 0 Å².